The summed E-state index contributed by atoms with van der Waals surface area (Å²) in [4.78, 5) is 26.0. The van der Waals surface area contributed by atoms with Gasteiger partial charge < -0.3 is 9.47 Å². The third-order valence-corrected chi connectivity index (χ3v) is 5.46. The van der Waals surface area contributed by atoms with E-state index in [0.29, 0.717) is 23.2 Å². The van der Waals surface area contributed by atoms with Crippen molar-refractivity contribution < 1.29 is 19.1 Å². The lowest BCUT2D eigenvalue weighted by molar-refractivity contribution is -0.123. The molecule has 1 saturated heterocycles. The molecule has 7 nitrogen and oxygen atoms in total. The highest BCUT2D eigenvalue weighted by Crippen LogP contribution is 2.28. The number of hydrogen-bond donors (Lipinski definition) is 1. The molecule has 1 heterocycles. The second-order valence-corrected chi connectivity index (χ2v) is 7.61. The van der Waals surface area contributed by atoms with Gasteiger partial charge in [0.25, 0.3) is 5.91 Å². The van der Waals surface area contributed by atoms with Gasteiger partial charge in [-0.15, -0.1) is 5.10 Å². The van der Waals surface area contributed by atoms with Crippen molar-refractivity contribution in [3.05, 3.63) is 66.7 Å². The summed E-state index contributed by atoms with van der Waals surface area (Å²) in [7, 11) is 0. The van der Waals surface area contributed by atoms with Crippen LogP contribution in [-0.2, 0) is 9.59 Å². The minimum absolute atomic E-state index is 0.102. The smallest absolute Gasteiger partial charge is 0.278 e. The van der Waals surface area contributed by atoms with E-state index in [1.165, 1.54) is 16.7 Å². The number of ether oxygens (including phenoxy) is 2. The standard InChI is InChI=1S/C23H21N3O4S/c1-2-29-19-11-8-18(9-12-19)26-22(28)15-31-23(26)25-24-21(27)14-30-20-10-7-16-5-3-4-6-17(16)13-20/h3-13H,2,14-15H2,1H3,(H,24,27)/b25-23-. The van der Waals surface area contributed by atoms with Crippen molar-refractivity contribution in [2.75, 3.05) is 23.9 Å². The predicted molar refractivity (Wildman–Crippen MR) is 123 cm³/mol. The summed E-state index contributed by atoms with van der Waals surface area (Å²) in [6.07, 6.45) is 0. The van der Waals surface area contributed by atoms with E-state index in [1.54, 1.807) is 24.3 Å². The van der Waals surface area contributed by atoms with E-state index in [-0.39, 0.29) is 18.3 Å². The number of fused-ring (bicyclic) bond motifs is 1. The number of nitrogens with one attached hydrogen (secondary N) is 1. The molecule has 1 aliphatic heterocycles. The lowest BCUT2D eigenvalue weighted by Gasteiger charge is -2.16. The summed E-state index contributed by atoms with van der Waals surface area (Å²) < 4.78 is 11.0. The van der Waals surface area contributed by atoms with Crippen LogP contribution in [0.2, 0.25) is 0 Å². The largest absolute Gasteiger partial charge is 0.494 e. The number of hydrogen-bond acceptors (Lipinski definition) is 6. The number of thioether (sulfide) groups is 1. The molecule has 2 amide bonds. The molecule has 0 aromatic heterocycles. The summed E-state index contributed by atoms with van der Waals surface area (Å²) in [5.41, 5.74) is 3.13. The lowest BCUT2D eigenvalue weighted by Crippen LogP contribution is -2.32. The molecule has 4 rings (SSSR count). The zero-order valence-electron chi connectivity index (χ0n) is 16.9. The van der Waals surface area contributed by atoms with Gasteiger partial charge in [-0.05, 0) is 54.1 Å². The number of carbonyl (C=O) groups is 2. The topological polar surface area (TPSA) is 80.2 Å². The van der Waals surface area contributed by atoms with Crippen LogP contribution in [0.5, 0.6) is 11.5 Å². The number of nitrogens with zero attached hydrogens (tertiary/aromatic N) is 2. The van der Waals surface area contributed by atoms with Gasteiger partial charge in [-0.25, -0.2) is 5.43 Å². The van der Waals surface area contributed by atoms with Crippen LogP contribution in [0.25, 0.3) is 10.8 Å². The SMILES string of the molecule is CCOc1ccc(N2C(=O)CS/C2=N\NC(=O)COc2ccc3ccccc3c2)cc1. The van der Waals surface area contributed by atoms with Crippen molar-refractivity contribution in [3.63, 3.8) is 0 Å². The molecule has 0 spiro atoms. The summed E-state index contributed by atoms with van der Waals surface area (Å²) in [5.74, 6) is 1.07. The third kappa shape index (κ3) is 4.97. The fraction of sp³-hybridized carbons (Fsp3) is 0.174. The summed E-state index contributed by atoms with van der Waals surface area (Å²) in [6.45, 7) is 2.29. The quantitative estimate of drug-likeness (QED) is 0.571. The highest BCUT2D eigenvalue weighted by Gasteiger charge is 2.30. The van der Waals surface area contributed by atoms with Crippen molar-refractivity contribution in [1.29, 1.82) is 0 Å². The van der Waals surface area contributed by atoms with Crippen LogP contribution in [0.1, 0.15) is 6.92 Å². The fourth-order valence-corrected chi connectivity index (χ4v) is 3.93. The van der Waals surface area contributed by atoms with Gasteiger partial charge in [-0.1, -0.05) is 42.1 Å². The molecule has 3 aromatic rings. The zero-order valence-corrected chi connectivity index (χ0v) is 17.7. The maximum absolute atomic E-state index is 12.3. The van der Waals surface area contributed by atoms with Crippen LogP contribution >= 0.6 is 11.8 Å². The molecule has 0 saturated carbocycles. The second-order valence-electron chi connectivity index (χ2n) is 6.67. The molecule has 31 heavy (non-hydrogen) atoms. The average Bonchev–Trinajstić information content (AvgIpc) is 3.17. The minimum atomic E-state index is -0.410. The van der Waals surface area contributed by atoms with Crippen LogP contribution in [0, 0.1) is 0 Å². The molecule has 0 bridgehead atoms. The average molecular weight is 436 g/mol. The van der Waals surface area contributed by atoms with Gasteiger partial charge in [0.05, 0.1) is 18.0 Å². The number of amides is 2. The molecule has 8 heteroatoms. The molecule has 158 valence electrons. The van der Waals surface area contributed by atoms with Crippen molar-refractivity contribution in [3.8, 4) is 11.5 Å². The van der Waals surface area contributed by atoms with Crippen LogP contribution in [0.15, 0.2) is 71.8 Å². The maximum Gasteiger partial charge on any atom is 0.278 e. The molecule has 0 radical (unpaired) electrons. The molecule has 1 fully saturated rings. The fourth-order valence-electron chi connectivity index (χ4n) is 3.11. The van der Waals surface area contributed by atoms with Gasteiger partial charge >= 0.3 is 0 Å². The summed E-state index contributed by atoms with van der Waals surface area (Å²) >= 11 is 1.27. The van der Waals surface area contributed by atoms with Crippen LogP contribution < -0.4 is 19.8 Å². The summed E-state index contributed by atoms with van der Waals surface area (Å²) in [5, 5.41) is 6.67. The first kappa shape index (κ1) is 20.7. The van der Waals surface area contributed by atoms with Crippen LogP contribution in [0.4, 0.5) is 5.69 Å². The first-order valence-corrected chi connectivity index (χ1v) is 10.8. The number of carbonyl (C=O) groups excluding carboxylic acids is 2. The molecule has 0 unspecified atom stereocenters. The van der Waals surface area contributed by atoms with E-state index in [9.17, 15) is 9.59 Å². The van der Waals surface area contributed by atoms with Gasteiger partial charge in [0.1, 0.15) is 11.5 Å². The molecule has 1 N–H and O–H groups in total. The molecule has 1 aliphatic rings. The Balaban J connectivity index is 1.37. The van der Waals surface area contributed by atoms with Gasteiger partial charge in [-0.2, -0.15) is 0 Å². The van der Waals surface area contributed by atoms with E-state index in [0.717, 1.165) is 16.5 Å². The molecule has 0 aliphatic carbocycles. The number of rotatable bonds is 7. The zero-order chi connectivity index (χ0) is 21.6. The van der Waals surface area contributed by atoms with E-state index >= 15 is 0 Å². The predicted octanol–water partition coefficient (Wildman–Crippen LogP) is 3.78. The highest BCUT2D eigenvalue weighted by molar-refractivity contribution is 8.15. The molecule has 3 aromatic carbocycles. The normalized spacial score (nSPS) is 14.8. The Labute approximate surface area is 184 Å². The first-order chi connectivity index (χ1) is 15.1. The Bertz CT molecular complexity index is 1130. The van der Waals surface area contributed by atoms with Crippen molar-refractivity contribution in [2.24, 2.45) is 5.10 Å². The van der Waals surface area contributed by atoms with Crippen molar-refractivity contribution in [1.82, 2.24) is 5.43 Å². The maximum atomic E-state index is 12.3. The lowest BCUT2D eigenvalue weighted by atomic mass is 10.1. The minimum Gasteiger partial charge on any atom is -0.494 e. The Kier molecular flexibility index (Phi) is 6.37. The number of anilines is 1. The van der Waals surface area contributed by atoms with Crippen molar-refractivity contribution >= 4 is 45.2 Å². The van der Waals surface area contributed by atoms with E-state index in [4.69, 9.17) is 9.47 Å². The third-order valence-electron chi connectivity index (χ3n) is 4.54. The van der Waals surface area contributed by atoms with E-state index < -0.39 is 5.91 Å². The Hall–Kier alpha value is -3.52. The van der Waals surface area contributed by atoms with Crippen molar-refractivity contribution in [2.45, 2.75) is 6.92 Å². The first-order valence-electron chi connectivity index (χ1n) is 9.81. The number of benzene rings is 3. The monoisotopic (exact) mass is 435 g/mol. The number of hydrazone groups is 1. The molecule has 0 atom stereocenters. The second kappa shape index (κ2) is 9.53. The number of amidine groups is 1. The Morgan fingerprint density at radius 1 is 1.03 bits per heavy atom. The Morgan fingerprint density at radius 3 is 2.55 bits per heavy atom. The molecular formula is C23H21N3O4S. The van der Waals surface area contributed by atoms with Crippen LogP contribution in [0.3, 0.4) is 0 Å². The van der Waals surface area contributed by atoms with Gasteiger partial charge in [0.15, 0.2) is 11.8 Å². The van der Waals surface area contributed by atoms with E-state index in [1.807, 2.05) is 49.4 Å². The highest BCUT2D eigenvalue weighted by atomic mass is 32.2. The van der Waals surface area contributed by atoms with Gasteiger partial charge in [0.2, 0.25) is 5.91 Å². The van der Waals surface area contributed by atoms with Crippen LogP contribution in [-0.4, -0.2) is 35.9 Å². The van der Waals surface area contributed by atoms with E-state index in [2.05, 4.69) is 10.5 Å². The summed E-state index contributed by atoms with van der Waals surface area (Å²) in [6, 6.07) is 20.7. The Morgan fingerprint density at radius 2 is 1.77 bits per heavy atom. The molecular weight excluding hydrogens is 414 g/mol. The van der Waals surface area contributed by atoms with Gasteiger partial charge in [-0.3, -0.25) is 14.5 Å². The van der Waals surface area contributed by atoms with Gasteiger partial charge in [0, 0.05) is 0 Å².